The molecule has 104 valence electrons. The molecule has 2 amide bonds. The van der Waals surface area contributed by atoms with E-state index in [1.54, 1.807) is 6.08 Å². The van der Waals surface area contributed by atoms with Gasteiger partial charge in [0.15, 0.2) is 6.04 Å². The molecule has 0 saturated heterocycles. The van der Waals surface area contributed by atoms with Crippen LogP contribution in [0.1, 0.15) is 20.8 Å². The number of hydrogen-bond acceptors (Lipinski definition) is 4. The molecule has 0 fully saturated rings. The number of methoxy groups -OCH3 is 1. The van der Waals surface area contributed by atoms with Gasteiger partial charge in [0.1, 0.15) is 0 Å². The van der Waals surface area contributed by atoms with Crippen molar-refractivity contribution in [2.45, 2.75) is 32.4 Å². The minimum absolute atomic E-state index is 0.0533. The number of carbonyl (C=O) groups is 2. The van der Waals surface area contributed by atoms with Crippen molar-refractivity contribution in [2.75, 3.05) is 20.3 Å². The largest absolute Gasteiger partial charge is 0.467 e. The first-order valence-corrected chi connectivity index (χ1v) is 5.67. The summed E-state index contributed by atoms with van der Waals surface area (Å²) in [6.07, 6.45) is 1.54. The minimum Gasteiger partial charge on any atom is -0.467 e. The van der Waals surface area contributed by atoms with Crippen molar-refractivity contribution in [3.63, 3.8) is 0 Å². The Morgan fingerprint density at radius 2 is 2.00 bits per heavy atom. The lowest BCUT2D eigenvalue weighted by Gasteiger charge is -2.23. The SMILES string of the molecule is C=CCNC(=O)NC(COC(C)(C)C)C(=O)OC. The van der Waals surface area contributed by atoms with Gasteiger partial charge in [-0.2, -0.15) is 0 Å². The molecule has 0 aromatic carbocycles. The summed E-state index contributed by atoms with van der Waals surface area (Å²) >= 11 is 0. The molecule has 0 rings (SSSR count). The van der Waals surface area contributed by atoms with E-state index in [0.717, 1.165) is 0 Å². The van der Waals surface area contributed by atoms with E-state index in [0.29, 0.717) is 6.54 Å². The van der Waals surface area contributed by atoms with E-state index in [1.165, 1.54) is 7.11 Å². The summed E-state index contributed by atoms with van der Waals surface area (Å²) in [7, 11) is 1.26. The number of nitrogens with one attached hydrogen (secondary N) is 2. The van der Waals surface area contributed by atoms with Crippen LogP contribution in [-0.2, 0) is 14.3 Å². The molecule has 1 atom stereocenters. The summed E-state index contributed by atoms with van der Waals surface area (Å²) in [6, 6.07) is -1.30. The van der Waals surface area contributed by atoms with Crippen LogP contribution in [0.2, 0.25) is 0 Å². The minimum atomic E-state index is -0.834. The fourth-order valence-corrected chi connectivity index (χ4v) is 1.02. The van der Waals surface area contributed by atoms with E-state index in [2.05, 4.69) is 21.9 Å². The number of hydrogen-bond donors (Lipinski definition) is 2. The molecule has 1 unspecified atom stereocenters. The standard InChI is InChI=1S/C12H22N2O4/c1-6-7-13-11(16)14-9(10(15)17-5)8-18-12(2,3)4/h6,9H,1,7-8H2,2-5H3,(H2,13,14,16). The van der Waals surface area contributed by atoms with E-state index in [4.69, 9.17) is 4.74 Å². The fraction of sp³-hybridized carbons (Fsp3) is 0.667. The molecule has 0 heterocycles. The molecule has 0 aliphatic rings. The van der Waals surface area contributed by atoms with E-state index in [1.807, 2.05) is 20.8 Å². The summed E-state index contributed by atoms with van der Waals surface area (Å²) in [5, 5.41) is 4.99. The topological polar surface area (TPSA) is 76.7 Å². The van der Waals surface area contributed by atoms with Crippen molar-refractivity contribution >= 4 is 12.0 Å². The van der Waals surface area contributed by atoms with Gasteiger partial charge in [-0.25, -0.2) is 9.59 Å². The first-order valence-electron chi connectivity index (χ1n) is 5.67. The molecule has 6 heteroatoms. The molecule has 0 bridgehead atoms. The zero-order valence-corrected chi connectivity index (χ0v) is 11.4. The molecule has 6 nitrogen and oxygen atoms in total. The number of urea groups is 1. The molecule has 0 aliphatic heterocycles. The van der Waals surface area contributed by atoms with Gasteiger partial charge in [0.05, 0.1) is 19.3 Å². The van der Waals surface area contributed by atoms with Crippen LogP contribution in [0.3, 0.4) is 0 Å². The summed E-state index contributed by atoms with van der Waals surface area (Å²) in [5.74, 6) is -0.548. The van der Waals surface area contributed by atoms with Crippen molar-refractivity contribution < 1.29 is 19.1 Å². The van der Waals surface area contributed by atoms with Gasteiger partial charge < -0.3 is 20.1 Å². The smallest absolute Gasteiger partial charge is 0.330 e. The van der Waals surface area contributed by atoms with Crippen molar-refractivity contribution in [3.8, 4) is 0 Å². The van der Waals surface area contributed by atoms with Crippen LogP contribution >= 0.6 is 0 Å². The maximum Gasteiger partial charge on any atom is 0.330 e. The Morgan fingerprint density at radius 3 is 2.44 bits per heavy atom. The second kappa shape index (κ2) is 7.71. The van der Waals surface area contributed by atoms with Crippen LogP contribution in [-0.4, -0.2) is 43.9 Å². The average Bonchev–Trinajstić information content (AvgIpc) is 2.29. The van der Waals surface area contributed by atoms with E-state index in [9.17, 15) is 9.59 Å². The fourth-order valence-electron chi connectivity index (χ4n) is 1.02. The predicted molar refractivity (Wildman–Crippen MR) is 68.2 cm³/mol. The molecule has 2 N–H and O–H groups in total. The highest BCUT2D eigenvalue weighted by Gasteiger charge is 2.24. The highest BCUT2D eigenvalue weighted by Crippen LogP contribution is 2.07. The lowest BCUT2D eigenvalue weighted by Crippen LogP contribution is -2.49. The monoisotopic (exact) mass is 258 g/mol. The van der Waals surface area contributed by atoms with Gasteiger partial charge in [-0.1, -0.05) is 6.08 Å². The molecule has 0 radical (unpaired) electrons. The second-order valence-electron chi connectivity index (χ2n) is 4.64. The molecule has 0 aromatic heterocycles. The highest BCUT2D eigenvalue weighted by atomic mass is 16.5. The summed E-state index contributed by atoms with van der Waals surface area (Å²) < 4.78 is 10.1. The van der Waals surface area contributed by atoms with E-state index >= 15 is 0 Å². The highest BCUT2D eigenvalue weighted by molar-refractivity contribution is 5.83. The van der Waals surface area contributed by atoms with Crippen LogP contribution in [0, 0.1) is 0 Å². The molecule has 18 heavy (non-hydrogen) atoms. The number of esters is 1. The number of ether oxygens (including phenoxy) is 2. The lowest BCUT2D eigenvalue weighted by atomic mass is 10.2. The first-order chi connectivity index (χ1) is 8.30. The van der Waals surface area contributed by atoms with Gasteiger partial charge in [-0.05, 0) is 20.8 Å². The lowest BCUT2D eigenvalue weighted by molar-refractivity contribution is -0.145. The van der Waals surface area contributed by atoms with Gasteiger partial charge >= 0.3 is 12.0 Å². The molecule has 0 spiro atoms. The van der Waals surface area contributed by atoms with Gasteiger partial charge in [-0.15, -0.1) is 6.58 Å². The molecule has 0 aliphatic carbocycles. The number of amides is 2. The van der Waals surface area contributed by atoms with Crippen molar-refractivity contribution in [2.24, 2.45) is 0 Å². The third-order valence-electron chi connectivity index (χ3n) is 1.88. The van der Waals surface area contributed by atoms with Crippen LogP contribution in [0.4, 0.5) is 4.79 Å². The molecular formula is C12H22N2O4. The normalized spacial score (nSPS) is 12.4. The van der Waals surface area contributed by atoms with Gasteiger partial charge in [0.25, 0.3) is 0 Å². The third-order valence-corrected chi connectivity index (χ3v) is 1.88. The van der Waals surface area contributed by atoms with Crippen LogP contribution in [0.25, 0.3) is 0 Å². The molecule has 0 saturated carbocycles. The van der Waals surface area contributed by atoms with Crippen molar-refractivity contribution in [3.05, 3.63) is 12.7 Å². The van der Waals surface area contributed by atoms with Crippen LogP contribution in [0.5, 0.6) is 0 Å². The Hall–Kier alpha value is -1.56. The van der Waals surface area contributed by atoms with Gasteiger partial charge in [0, 0.05) is 6.54 Å². The molecular weight excluding hydrogens is 236 g/mol. The molecule has 0 aromatic rings. The van der Waals surface area contributed by atoms with Crippen LogP contribution < -0.4 is 10.6 Å². The Balaban J connectivity index is 4.36. The van der Waals surface area contributed by atoms with Crippen LogP contribution in [0.15, 0.2) is 12.7 Å². The first kappa shape index (κ1) is 16.4. The third kappa shape index (κ3) is 7.67. The summed E-state index contributed by atoms with van der Waals surface area (Å²) in [5.41, 5.74) is -0.397. The van der Waals surface area contributed by atoms with Gasteiger partial charge in [-0.3, -0.25) is 0 Å². The summed E-state index contributed by atoms with van der Waals surface area (Å²) in [4.78, 5) is 22.9. The van der Waals surface area contributed by atoms with Crippen molar-refractivity contribution in [1.29, 1.82) is 0 Å². The quantitative estimate of drug-likeness (QED) is 0.546. The van der Waals surface area contributed by atoms with E-state index < -0.39 is 23.6 Å². The second-order valence-corrected chi connectivity index (χ2v) is 4.64. The van der Waals surface area contributed by atoms with E-state index in [-0.39, 0.29) is 6.61 Å². The zero-order chi connectivity index (χ0) is 14.2. The maximum atomic E-state index is 11.5. The average molecular weight is 258 g/mol. The Morgan fingerprint density at radius 1 is 1.39 bits per heavy atom. The van der Waals surface area contributed by atoms with Crippen molar-refractivity contribution in [1.82, 2.24) is 10.6 Å². The van der Waals surface area contributed by atoms with Gasteiger partial charge in [0.2, 0.25) is 0 Å². The Labute approximate surface area is 108 Å². The predicted octanol–water partition coefficient (Wildman–Crippen LogP) is 0.828. The zero-order valence-electron chi connectivity index (χ0n) is 11.4. The Bertz CT molecular complexity index is 297. The number of rotatable bonds is 6. The summed E-state index contributed by atoms with van der Waals surface area (Å²) in [6.45, 7) is 9.43. The Kier molecular flexibility index (Phi) is 7.04. The number of carbonyl (C=O) groups excluding carboxylic acids is 2. The maximum absolute atomic E-state index is 11.5.